The van der Waals surface area contributed by atoms with Crippen LogP contribution in [0.1, 0.15) is 22.6 Å². The van der Waals surface area contributed by atoms with Crippen LogP contribution in [0.15, 0.2) is 65.8 Å². The second-order valence-electron chi connectivity index (χ2n) is 7.36. The summed E-state index contributed by atoms with van der Waals surface area (Å²) in [6, 6.07) is 14.4. The van der Waals surface area contributed by atoms with E-state index in [0.717, 1.165) is 10.6 Å². The first kappa shape index (κ1) is 20.9. The second-order valence-corrected chi connectivity index (χ2v) is 8.24. The number of hydrogen-bond donors (Lipinski definition) is 1. The Labute approximate surface area is 184 Å². The van der Waals surface area contributed by atoms with E-state index in [1.165, 1.54) is 0 Å². The van der Waals surface area contributed by atoms with Crippen molar-refractivity contribution in [3.8, 4) is 0 Å². The van der Waals surface area contributed by atoms with Gasteiger partial charge in [-0.1, -0.05) is 6.07 Å². The number of carbonyl (C=O) groups is 3. The van der Waals surface area contributed by atoms with E-state index in [-0.39, 0.29) is 24.0 Å². The van der Waals surface area contributed by atoms with Gasteiger partial charge in [-0.3, -0.25) is 14.4 Å². The van der Waals surface area contributed by atoms with Crippen LogP contribution in [0.2, 0.25) is 0 Å². The van der Waals surface area contributed by atoms with Crippen molar-refractivity contribution in [2.24, 2.45) is 13.0 Å². The van der Waals surface area contributed by atoms with Gasteiger partial charge >= 0.3 is 0 Å². The van der Waals surface area contributed by atoms with Crippen molar-refractivity contribution in [3.05, 3.63) is 72.3 Å². The van der Waals surface area contributed by atoms with Crippen LogP contribution in [-0.2, 0) is 16.6 Å². The number of aryl methyl sites for hydroxylation is 1. The van der Waals surface area contributed by atoms with Crippen molar-refractivity contribution in [1.82, 2.24) is 9.55 Å². The van der Waals surface area contributed by atoms with Crippen molar-refractivity contribution < 1.29 is 14.4 Å². The fraction of sp³-hybridized carbons (Fsp3) is 0.217. The molecular formula is C23H22N4O3S. The predicted molar refractivity (Wildman–Crippen MR) is 120 cm³/mol. The molecule has 1 aromatic heterocycles. The van der Waals surface area contributed by atoms with Crippen molar-refractivity contribution in [3.63, 3.8) is 0 Å². The van der Waals surface area contributed by atoms with E-state index in [4.69, 9.17) is 0 Å². The van der Waals surface area contributed by atoms with Gasteiger partial charge in [0.25, 0.3) is 0 Å². The van der Waals surface area contributed by atoms with Crippen molar-refractivity contribution in [2.45, 2.75) is 11.3 Å². The summed E-state index contributed by atoms with van der Waals surface area (Å²) in [7, 11) is 1.76. The van der Waals surface area contributed by atoms with E-state index < -0.39 is 5.92 Å². The molecule has 1 saturated heterocycles. The molecule has 0 radical (unpaired) electrons. The average Bonchev–Trinajstić information content (AvgIpc) is 3.39. The van der Waals surface area contributed by atoms with E-state index in [1.54, 1.807) is 64.9 Å². The lowest BCUT2D eigenvalue weighted by atomic mass is 10.1. The quantitative estimate of drug-likeness (QED) is 0.475. The molecule has 3 aromatic rings. The maximum absolute atomic E-state index is 12.7. The second kappa shape index (κ2) is 8.77. The van der Waals surface area contributed by atoms with Gasteiger partial charge in [0.2, 0.25) is 17.6 Å². The summed E-state index contributed by atoms with van der Waals surface area (Å²) in [6.07, 6.45) is 5.44. The molecule has 4 rings (SSSR count). The molecule has 1 atom stereocenters. The Morgan fingerprint density at radius 2 is 1.94 bits per heavy atom. The number of anilines is 2. The Morgan fingerprint density at radius 1 is 1.16 bits per heavy atom. The summed E-state index contributed by atoms with van der Waals surface area (Å²) in [5, 5.41) is 2.86. The molecule has 1 unspecified atom stereocenters. The zero-order valence-corrected chi connectivity index (χ0v) is 18.1. The highest BCUT2D eigenvalue weighted by atomic mass is 32.2. The SMILES string of the molecule is CSc1cccc(N2CC(C(=O)Nc3ccc(C(=O)c4nccn4C)cc3)CC2=O)c1. The minimum atomic E-state index is -0.431. The van der Waals surface area contributed by atoms with Crippen LogP contribution < -0.4 is 10.2 Å². The third-order valence-electron chi connectivity index (χ3n) is 5.30. The van der Waals surface area contributed by atoms with Crippen LogP contribution in [0.5, 0.6) is 0 Å². The topological polar surface area (TPSA) is 84.3 Å². The molecule has 31 heavy (non-hydrogen) atoms. The highest BCUT2D eigenvalue weighted by molar-refractivity contribution is 7.98. The van der Waals surface area contributed by atoms with Gasteiger partial charge in [0.05, 0.1) is 5.92 Å². The molecule has 1 N–H and O–H groups in total. The number of nitrogens with zero attached hydrogens (tertiary/aromatic N) is 3. The minimum Gasteiger partial charge on any atom is -0.331 e. The lowest BCUT2D eigenvalue weighted by Crippen LogP contribution is -2.28. The number of thioether (sulfide) groups is 1. The van der Waals surface area contributed by atoms with Crippen LogP contribution in [0.4, 0.5) is 11.4 Å². The molecule has 7 nitrogen and oxygen atoms in total. The smallest absolute Gasteiger partial charge is 0.229 e. The molecule has 2 amide bonds. The van der Waals surface area contributed by atoms with Crippen LogP contribution in [-0.4, -0.2) is 39.9 Å². The van der Waals surface area contributed by atoms with Gasteiger partial charge in [0.1, 0.15) is 0 Å². The van der Waals surface area contributed by atoms with Gasteiger partial charge in [-0.05, 0) is 48.7 Å². The standard InChI is InChI=1S/C23H22N4O3S/c1-26-11-10-24-22(26)21(29)15-6-8-17(9-7-15)25-23(30)16-12-20(28)27(14-16)18-4-3-5-19(13-18)31-2/h3-11,13,16H,12,14H2,1-2H3,(H,25,30). The van der Waals surface area contributed by atoms with Gasteiger partial charge < -0.3 is 14.8 Å². The maximum Gasteiger partial charge on any atom is 0.229 e. The Kier molecular flexibility index (Phi) is 5.90. The summed E-state index contributed by atoms with van der Waals surface area (Å²) in [5.74, 6) is -0.532. The lowest BCUT2D eigenvalue weighted by molar-refractivity contribution is -0.122. The van der Waals surface area contributed by atoms with Gasteiger partial charge in [-0.2, -0.15) is 0 Å². The number of nitrogens with one attached hydrogen (secondary N) is 1. The fourth-order valence-electron chi connectivity index (χ4n) is 3.57. The molecule has 1 aliphatic heterocycles. The van der Waals surface area contributed by atoms with Crippen LogP contribution in [0.25, 0.3) is 0 Å². The van der Waals surface area contributed by atoms with E-state index in [1.807, 2.05) is 30.5 Å². The third kappa shape index (κ3) is 4.39. The van der Waals surface area contributed by atoms with Crippen LogP contribution in [0, 0.1) is 5.92 Å². The lowest BCUT2D eigenvalue weighted by Gasteiger charge is -2.17. The minimum absolute atomic E-state index is 0.0607. The molecule has 0 saturated carbocycles. The molecule has 158 valence electrons. The molecule has 2 aromatic carbocycles. The van der Waals surface area contributed by atoms with Crippen LogP contribution >= 0.6 is 11.8 Å². The first-order valence-corrected chi connectivity index (χ1v) is 11.1. The van der Waals surface area contributed by atoms with E-state index >= 15 is 0 Å². The zero-order chi connectivity index (χ0) is 22.0. The highest BCUT2D eigenvalue weighted by Crippen LogP contribution is 2.29. The molecule has 1 fully saturated rings. The summed E-state index contributed by atoms with van der Waals surface area (Å²) in [5.41, 5.74) is 1.88. The summed E-state index contributed by atoms with van der Waals surface area (Å²) >= 11 is 1.61. The van der Waals surface area contributed by atoms with E-state index in [9.17, 15) is 14.4 Å². The Hall–Kier alpha value is -3.39. The molecular weight excluding hydrogens is 412 g/mol. The zero-order valence-electron chi connectivity index (χ0n) is 17.2. The molecule has 0 bridgehead atoms. The molecule has 2 heterocycles. The summed E-state index contributed by atoms with van der Waals surface area (Å²) < 4.78 is 1.66. The third-order valence-corrected chi connectivity index (χ3v) is 6.03. The molecule has 0 spiro atoms. The monoisotopic (exact) mass is 434 g/mol. The van der Waals surface area contributed by atoms with Crippen molar-refractivity contribution in [2.75, 3.05) is 23.0 Å². The Balaban J connectivity index is 1.41. The number of ketones is 1. The van der Waals surface area contributed by atoms with E-state index in [2.05, 4.69) is 10.3 Å². The summed E-state index contributed by atoms with van der Waals surface area (Å²) in [4.78, 5) is 44.5. The van der Waals surface area contributed by atoms with Crippen molar-refractivity contribution in [1.29, 1.82) is 0 Å². The number of benzene rings is 2. The number of hydrogen-bond acceptors (Lipinski definition) is 5. The Morgan fingerprint density at radius 3 is 2.61 bits per heavy atom. The predicted octanol–water partition coefficient (Wildman–Crippen LogP) is 3.36. The molecule has 1 aliphatic rings. The molecule has 0 aliphatic carbocycles. The van der Waals surface area contributed by atoms with Gasteiger partial charge in [-0.15, -0.1) is 11.8 Å². The number of aromatic nitrogens is 2. The van der Waals surface area contributed by atoms with Crippen LogP contribution in [0.3, 0.4) is 0 Å². The molecule has 8 heteroatoms. The number of rotatable bonds is 6. The number of amides is 2. The number of imidazole rings is 1. The van der Waals surface area contributed by atoms with Gasteiger partial charge in [-0.25, -0.2) is 4.98 Å². The fourth-order valence-corrected chi connectivity index (χ4v) is 4.03. The largest absolute Gasteiger partial charge is 0.331 e. The highest BCUT2D eigenvalue weighted by Gasteiger charge is 2.35. The summed E-state index contributed by atoms with van der Waals surface area (Å²) in [6.45, 7) is 0.345. The van der Waals surface area contributed by atoms with Crippen molar-refractivity contribution >= 4 is 40.7 Å². The number of carbonyl (C=O) groups excluding carboxylic acids is 3. The van der Waals surface area contributed by atoms with Gasteiger partial charge in [0.15, 0.2) is 5.82 Å². The van der Waals surface area contributed by atoms with Gasteiger partial charge in [0, 0.05) is 54.2 Å². The average molecular weight is 435 g/mol. The first-order valence-electron chi connectivity index (χ1n) is 9.83. The maximum atomic E-state index is 12.7. The van der Waals surface area contributed by atoms with E-state index in [0.29, 0.717) is 23.6 Å². The normalized spacial score (nSPS) is 15.9. The first-order chi connectivity index (χ1) is 15.0. The Bertz CT molecular complexity index is 1140.